The number of halogens is 4. The van der Waals surface area contributed by atoms with Crippen LogP contribution in [0.2, 0.25) is 0 Å². The fourth-order valence-electron chi connectivity index (χ4n) is 2.29. The molecule has 21 heavy (non-hydrogen) atoms. The summed E-state index contributed by atoms with van der Waals surface area (Å²) in [5, 5.41) is -0.633. The maximum absolute atomic E-state index is 13.4. The molecule has 1 atom stereocenters. The SMILES string of the molecule is COc1c(C)cc(Br)c(C)c1C(Cl)c1ccc(F)c(F)c1. The van der Waals surface area contributed by atoms with E-state index in [-0.39, 0.29) is 0 Å². The number of benzene rings is 2. The van der Waals surface area contributed by atoms with Gasteiger partial charge in [0.15, 0.2) is 11.6 Å². The van der Waals surface area contributed by atoms with E-state index in [0.717, 1.165) is 33.3 Å². The molecule has 0 spiro atoms. The van der Waals surface area contributed by atoms with E-state index in [1.54, 1.807) is 7.11 Å². The molecule has 2 aromatic carbocycles. The van der Waals surface area contributed by atoms with Crippen molar-refractivity contribution in [2.24, 2.45) is 0 Å². The molecule has 0 aliphatic heterocycles. The first-order chi connectivity index (χ1) is 9.86. The fraction of sp³-hybridized carbons (Fsp3) is 0.250. The third-order valence-electron chi connectivity index (χ3n) is 3.40. The van der Waals surface area contributed by atoms with E-state index in [4.69, 9.17) is 16.3 Å². The number of rotatable bonds is 3. The van der Waals surface area contributed by atoms with Gasteiger partial charge in [-0.3, -0.25) is 0 Å². The van der Waals surface area contributed by atoms with Gasteiger partial charge >= 0.3 is 0 Å². The maximum Gasteiger partial charge on any atom is 0.159 e. The van der Waals surface area contributed by atoms with E-state index in [9.17, 15) is 8.78 Å². The number of ether oxygens (including phenoxy) is 1. The standard InChI is InChI=1S/C16H14BrClF2O/c1-8-6-11(17)9(2)14(16(8)21-3)15(18)10-4-5-12(19)13(20)7-10/h4-7,15H,1-3H3. The lowest BCUT2D eigenvalue weighted by Gasteiger charge is -2.20. The van der Waals surface area contributed by atoms with Gasteiger partial charge in [0, 0.05) is 10.0 Å². The summed E-state index contributed by atoms with van der Waals surface area (Å²) in [6.07, 6.45) is 0. The van der Waals surface area contributed by atoms with Gasteiger partial charge in [0.25, 0.3) is 0 Å². The Balaban J connectivity index is 2.62. The van der Waals surface area contributed by atoms with Crippen molar-refractivity contribution in [3.05, 3.63) is 62.6 Å². The molecule has 0 amide bonds. The average Bonchev–Trinajstić information content (AvgIpc) is 2.44. The molecular weight excluding hydrogens is 362 g/mol. The lowest BCUT2D eigenvalue weighted by molar-refractivity contribution is 0.406. The second kappa shape index (κ2) is 6.32. The lowest BCUT2D eigenvalue weighted by atomic mass is 9.96. The Labute approximate surface area is 136 Å². The van der Waals surface area contributed by atoms with Crippen LogP contribution in [-0.4, -0.2) is 7.11 Å². The molecule has 0 aromatic heterocycles. The summed E-state index contributed by atoms with van der Waals surface area (Å²) in [6.45, 7) is 3.80. The highest BCUT2D eigenvalue weighted by Gasteiger charge is 2.22. The van der Waals surface area contributed by atoms with Gasteiger partial charge in [0.2, 0.25) is 0 Å². The molecule has 0 saturated carbocycles. The van der Waals surface area contributed by atoms with E-state index < -0.39 is 17.0 Å². The Hall–Kier alpha value is -1.13. The molecule has 112 valence electrons. The topological polar surface area (TPSA) is 9.23 Å². The van der Waals surface area contributed by atoms with E-state index in [2.05, 4.69) is 15.9 Å². The van der Waals surface area contributed by atoms with E-state index in [1.165, 1.54) is 6.07 Å². The summed E-state index contributed by atoms with van der Waals surface area (Å²) in [7, 11) is 1.56. The quantitative estimate of drug-likeness (QED) is 0.627. The highest BCUT2D eigenvalue weighted by molar-refractivity contribution is 9.10. The lowest BCUT2D eigenvalue weighted by Crippen LogP contribution is -2.04. The summed E-state index contributed by atoms with van der Waals surface area (Å²) < 4.78 is 32.8. The van der Waals surface area contributed by atoms with E-state index in [0.29, 0.717) is 11.3 Å². The molecule has 0 radical (unpaired) electrons. The van der Waals surface area contributed by atoms with E-state index in [1.807, 2.05) is 19.9 Å². The predicted molar refractivity (Wildman–Crippen MR) is 84.2 cm³/mol. The Morgan fingerprint density at radius 2 is 1.81 bits per heavy atom. The van der Waals surface area contributed by atoms with Gasteiger partial charge in [-0.25, -0.2) is 8.78 Å². The number of alkyl halides is 1. The summed E-state index contributed by atoms with van der Waals surface area (Å²) in [6, 6.07) is 5.60. The molecule has 0 N–H and O–H groups in total. The first-order valence-corrected chi connectivity index (χ1v) is 7.52. The molecule has 2 aromatic rings. The van der Waals surface area contributed by atoms with Crippen LogP contribution in [0.4, 0.5) is 8.78 Å². The molecular formula is C16H14BrClF2O. The van der Waals surface area contributed by atoms with Crippen molar-refractivity contribution in [3.8, 4) is 5.75 Å². The molecule has 2 rings (SSSR count). The van der Waals surface area contributed by atoms with Crippen molar-refractivity contribution in [1.82, 2.24) is 0 Å². The molecule has 0 heterocycles. The smallest absolute Gasteiger partial charge is 0.159 e. The summed E-state index contributed by atoms with van der Waals surface area (Å²) >= 11 is 9.98. The highest BCUT2D eigenvalue weighted by atomic mass is 79.9. The first-order valence-electron chi connectivity index (χ1n) is 6.29. The van der Waals surface area contributed by atoms with Crippen molar-refractivity contribution in [2.75, 3.05) is 7.11 Å². The van der Waals surface area contributed by atoms with E-state index >= 15 is 0 Å². The van der Waals surface area contributed by atoms with Crippen molar-refractivity contribution < 1.29 is 13.5 Å². The molecule has 5 heteroatoms. The third-order valence-corrected chi connectivity index (χ3v) is 4.70. The van der Waals surface area contributed by atoms with Crippen LogP contribution >= 0.6 is 27.5 Å². The number of hydrogen-bond acceptors (Lipinski definition) is 1. The van der Waals surface area contributed by atoms with Gasteiger partial charge in [-0.1, -0.05) is 22.0 Å². The molecule has 0 bridgehead atoms. The van der Waals surface area contributed by atoms with Crippen LogP contribution in [0.1, 0.15) is 27.6 Å². The number of methoxy groups -OCH3 is 1. The summed E-state index contributed by atoms with van der Waals surface area (Å²) in [5.41, 5.74) is 3.05. The van der Waals surface area contributed by atoms with Crippen LogP contribution in [0.3, 0.4) is 0 Å². The van der Waals surface area contributed by atoms with Gasteiger partial charge in [0.1, 0.15) is 5.75 Å². The molecule has 0 saturated heterocycles. The third kappa shape index (κ3) is 3.06. The highest BCUT2D eigenvalue weighted by Crippen LogP contribution is 2.42. The Kier molecular flexibility index (Phi) is 4.89. The zero-order valence-corrected chi connectivity index (χ0v) is 14.1. The van der Waals surface area contributed by atoms with Crippen molar-refractivity contribution in [1.29, 1.82) is 0 Å². The van der Waals surface area contributed by atoms with Crippen molar-refractivity contribution >= 4 is 27.5 Å². The Morgan fingerprint density at radius 1 is 1.14 bits per heavy atom. The summed E-state index contributed by atoms with van der Waals surface area (Å²) in [5.74, 6) is -1.15. The van der Waals surface area contributed by atoms with Crippen LogP contribution in [0.15, 0.2) is 28.7 Å². The minimum atomic E-state index is -0.915. The maximum atomic E-state index is 13.4. The molecule has 0 aliphatic carbocycles. The minimum Gasteiger partial charge on any atom is -0.496 e. The van der Waals surface area contributed by atoms with Crippen LogP contribution in [0.25, 0.3) is 0 Å². The van der Waals surface area contributed by atoms with Crippen LogP contribution in [0, 0.1) is 25.5 Å². The number of aryl methyl sites for hydroxylation is 1. The monoisotopic (exact) mass is 374 g/mol. The molecule has 1 nitrogen and oxygen atoms in total. The molecule has 1 unspecified atom stereocenters. The minimum absolute atomic E-state index is 0.481. The largest absolute Gasteiger partial charge is 0.496 e. The molecule has 0 fully saturated rings. The molecule has 0 aliphatic rings. The van der Waals surface area contributed by atoms with Crippen LogP contribution in [-0.2, 0) is 0 Å². The van der Waals surface area contributed by atoms with Crippen LogP contribution < -0.4 is 4.74 Å². The fourth-order valence-corrected chi connectivity index (χ4v) is 3.24. The summed E-state index contributed by atoms with van der Waals surface area (Å²) in [4.78, 5) is 0. The normalized spacial score (nSPS) is 12.3. The van der Waals surface area contributed by atoms with Crippen LogP contribution in [0.5, 0.6) is 5.75 Å². The average molecular weight is 376 g/mol. The van der Waals surface area contributed by atoms with Gasteiger partial charge in [-0.15, -0.1) is 11.6 Å². The second-order valence-corrected chi connectivity index (χ2v) is 6.07. The zero-order chi connectivity index (χ0) is 15.7. The van der Waals surface area contributed by atoms with Gasteiger partial charge < -0.3 is 4.74 Å². The predicted octanol–water partition coefficient (Wildman–Crippen LogP) is 5.68. The number of hydrogen-bond donors (Lipinski definition) is 0. The first kappa shape index (κ1) is 16.2. The van der Waals surface area contributed by atoms with Crippen molar-refractivity contribution in [2.45, 2.75) is 19.2 Å². The van der Waals surface area contributed by atoms with Gasteiger partial charge in [-0.2, -0.15) is 0 Å². The van der Waals surface area contributed by atoms with Gasteiger partial charge in [-0.05, 0) is 48.7 Å². The Morgan fingerprint density at radius 3 is 2.38 bits per heavy atom. The Bertz CT molecular complexity index is 688. The van der Waals surface area contributed by atoms with Gasteiger partial charge in [0.05, 0.1) is 12.5 Å². The second-order valence-electron chi connectivity index (χ2n) is 4.78. The zero-order valence-electron chi connectivity index (χ0n) is 11.8. The van der Waals surface area contributed by atoms with Crippen molar-refractivity contribution in [3.63, 3.8) is 0 Å².